The largest absolute Gasteiger partial charge is 0.355 e. The average molecular weight is 540 g/mol. The molecular formula is C16H22FIN6O4S. The highest BCUT2D eigenvalue weighted by molar-refractivity contribution is 14.0. The Morgan fingerprint density at radius 2 is 2.07 bits per heavy atom. The Bertz CT molecular complexity index is 980. The monoisotopic (exact) mass is 540 g/mol. The first kappa shape index (κ1) is 24.7. The van der Waals surface area contributed by atoms with Gasteiger partial charge in [-0.3, -0.25) is 19.8 Å². The van der Waals surface area contributed by atoms with Gasteiger partial charge in [-0.1, -0.05) is 6.07 Å². The van der Waals surface area contributed by atoms with Crippen molar-refractivity contribution in [1.29, 1.82) is 0 Å². The maximum atomic E-state index is 13.6. The molecule has 1 aromatic carbocycles. The first-order chi connectivity index (χ1) is 13.2. The van der Waals surface area contributed by atoms with Gasteiger partial charge in [0.15, 0.2) is 15.8 Å². The van der Waals surface area contributed by atoms with Crippen LogP contribution in [0.5, 0.6) is 0 Å². The fraction of sp³-hybridized carbons (Fsp3) is 0.375. The predicted molar refractivity (Wildman–Crippen MR) is 117 cm³/mol. The van der Waals surface area contributed by atoms with Gasteiger partial charge in [0, 0.05) is 26.4 Å². The summed E-state index contributed by atoms with van der Waals surface area (Å²) < 4.78 is 38.1. The van der Waals surface area contributed by atoms with E-state index in [0.717, 1.165) is 6.26 Å². The second kappa shape index (κ2) is 11.0. The normalized spacial score (nSPS) is 11.6. The Labute approximate surface area is 184 Å². The lowest BCUT2D eigenvalue weighted by molar-refractivity contribution is -0.385. The van der Waals surface area contributed by atoms with Crippen molar-refractivity contribution in [2.45, 2.75) is 18.8 Å². The van der Waals surface area contributed by atoms with Crippen LogP contribution >= 0.6 is 24.0 Å². The van der Waals surface area contributed by atoms with Gasteiger partial charge in [-0.2, -0.15) is 5.10 Å². The third kappa shape index (κ3) is 8.31. The molecule has 160 valence electrons. The maximum absolute atomic E-state index is 13.6. The van der Waals surface area contributed by atoms with Gasteiger partial charge in [0.2, 0.25) is 0 Å². The van der Waals surface area contributed by atoms with Gasteiger partial charge in [-0.15, -0.1) is 24.0 Å². The predicted octanol–water partition coefficient (Wildman–Crippen LogP) is 1.46. The number of nitrogens with zero attached hydrogens (tertiary/aromatic N) is 4. The Morgan fingerprint density at radius 3 is 2.66 bits per heavy atom. The summed E-state index contributed by atoms with van der Waals surface area (Å²) in [5.41, 5.74) is 0.929. The van der Waals surface area contributed by atoms with Gasteiger partial charge >= 0.3 is 5.69 Å². The van der Waals surface area contributed by atoms with Crippen LogP contribution in [0.2, 0.25) is 0 Å². The van der Waals surface area contributed by atoms with Crippen molar-refractivity contribution in [2.24, 2.45) is 4.99 Å². The number of hydrogen-bond donors (Lipinski definition) is 2. The quantitative estimate of drug-likeness (QED) is 0.170. The molecule has 0 aliphatic carbocycles. The van der Waals surface area contributed by atoms with E-state index in [1.54, 1.807) is 7.05 Å². The number of aliphatic imine (C=N–C) groups is 1. The van der Waals surface area contributed by atoms with E-state index >= 15 is 0 Å². The summed E-state index contributed by atoms with van der Waals surface area (Å²) in [6.45, 7) is 0.932. The number of nitrogens with one attached hydrogen (secondary N) is 2. The molecule has 0 aliphatic heterocycles. The zero-order valence-corrected chi connectivity index (χ0v) is 19.0. The molecule has 0 spiro atoms. The summed E-state index contributed by atoms with van der Waals surface area (Å²) >= 11 is 0. The zero-order chi connectivity index (χ0) is 20.7. The van der Waals surface area contributed by atoms with Gasteiger partial charge in [-0.05, 0) is 23.3 Å². The number of hydrogen-bond acceptors (Lipinski definition) is 6. The first-order valence-electron chi connectivity index (χ1n) is 8.24. The van der Waals surface area contributed by atoms with E-state index in [-0.39, 0.29) is 42.0 Å². The molecule has 0 saturated heterocycles. The van der Waals surface area contributed by atoms with Crippen LogP contribution in [-0.2, 0) is 28.7 Å². The van der Waals surface area contributed by atoms with Crippen molar-refractivity contribution in [3.8, 4) is 0 Å². The molecule has 0 radical (unpaired) electrons. The molecule has 0 amide bonds. The molecule has 29 heavy (non-hydrogen) atoms. The van der Waals surface area contributed by atoms with Crippen molar-refractivity contribution < 1.29 is 17.7 Å². The molecule has 2 aromatic rings. The lowest BCUT2D eigenvalue weighted by atomic mass is 10.1. The third-order valence-corrected chi connectivity index (χ3v) is 4.56. The Balaban J connectivity index is 0.00000420. The van der Waals surface area contributed by atoms with E-state index in [1.165, 1.54) is 35.3 Å². The Kier molecular flexibility index (Phi) is 9.42. The molecule has 1 aromatic heterocycles. The Morgan fingerprint density at radius 1 is 1.34 bits per heavy atom. The summed E-state index contributed by atoms with van der Waals surface area (Å²) in [7, 11) is -1.71. The fourth-order valence-corrected chi connectivity index (χ4v) is 3.29. The van der Waals surface area contributed by atoms with E-state index in [9.17, 15) is 22.9 Å². The van der Waals surface area contributed by atoms with Crippen LogP contribution < -0.4 is 10.6 Å². The number of benzene rings is 1. The minimum absolute atomic E-state index is 0. The summed E-state index contributed by atoms with van der Waals surface area (Å²) in [5.74, 6) is -0.234. The second-order valence-corrected chi connectivity index (χ2v) is 8.19. The molecule has 0 aliphatic rings. The van der Waals surface area contributed by atoms with Crippen LogP contribution in [0.1, 0.15) is 11.1 Å². The smallest absolute Gasteiger partial charge is 0.306 e. The van der Waals surface area contributed by atoms with Crippen LogP contribution in [0.4, 0.5) is 10.1 Å². The number of rotatable bonds is 8. The molecular weight excluding hydrogens is 518 g/mol. The van der Waals surface area contributed by atoms with Crippen LogP contribution in [-0.4, -0.2) is 48.9 Å². The van der Waals surface area contributed by atoms with Crippen LogP contribution in [0.3, 0.4) is 0 Å². The Hall–Kier alpha value is -2.29. The molecule has 1 heterocycles. The molecule has 0 unspecified atom stereocenters. The van der Waals surface area contributed by atoms with Crippen LogP contribution in [0.15, 0.2) is 35.6 Å². The van der Waals surface area contributed by atoms with Crippen molar-refractivity contribution in [3.63, 3.8) is 0 Å². The van der Waals surface area contributed by atoms with Crippen molar-refractivity contribution >= 4 is 45.5 Å². The minimum Gasteiger partial charge on any atom is -0.355 e. The van der Waals surface area contributed by atoms with E-state index in [0.29, 0.717) is 30.2 Å². The highest BCUT2D eigenvalue weighted by Gasteiger charge is 2.12. The van der Waals surface area contributed by atoms with Crippen LogP contribution in [0, 0.1) is 15.9 Å². The molecule has 2 N–H and O–H groups in total. The van der Waals surface area contributed by atoms with Gasteiger partial charge in [-0.25, -0.2) is 12.8 Å². The standard InChI is InChI=1S/C16H21FN6O4S.HI/c1-18-16(19-5-6-22-10-15(9-21-22)23(24)25)20-8-13-7-14(17)4-3-12(13)11-28(2,26)27;/h3-4,7,9-10H,5-6,8,11H2,1-2H3,(H2,18,19,20);1H. The van der Waals surface area contributed by atoms with Gasteiger partial charge in [0.25, 0.3) is 0 Å². The molecule has 0 atom stereocenters. The van der Waals surface area contributed by atoms with Crippen molar-refractivity contribution in [1.82, 2.24) is 20.4 Å². The highest BCUT2D eigenvalue weighted by Crippen LogP contribution is 2.14. The minimum atomic E-state index is -3.26. The average Bonchev–Trinajstić information content (AvgIpc) is 3.08. The zero-order valence-electron chi connectivity index (χ0n) is 15.8. The summed E-state index contributed by atoms with van der Waals surface area (Å²) in [6, 6.07) is 3.96. The molecule has 0 bridgehead atoms. The van der Waals surface area contributed by atoms with Crippen molar-refractivity contribution in [2.75, 3.05) is 19.8 Å². The number of sulfone groups is 1. The van der Waals surface area contributed by atoms with Crippen molar-refractivity contribution in [3.05, 3.63) is 57.7 Å². The molecule has 2 rings (SSSR count). The number of nitro groups is 1. The SMILES string of the molecule is CN=C(NCCn1cc([N+](=O)[O-])cn1)NCc1cc(F)ccc1CS(C)(=O)=O.I. The molecule has 13 heteroatoms. The molecule has 0 fully saturated rings. The van der Waals surface area contributed by atoms with Gasteiger partial charge in [0.05, 0.1) is 17.2 Å². The van der Waals surface area contributed by atoms with E-state index in [2.05, 4.69) is 20.7 Å². The molecule has 10 nitrogen and oxygen atoms in total. The van der Waals surface area contributed by atoms with Crippen LogP contribution in [0.25, 0.3) is 0 Å². The number of aromatic nitrogens is 2. The third-order valence-electron chi connectivity index (χ3n) is 3.72. The summed E-state index contributed by atoms with van der Waals surface area (Å²) in [4.78, 5) is 14.2. The maximum Gasteiger partial charge on any atom is 0.306 e. The van der Waals surface area contributed by atoms with E-state index in [1.807, 2.05) is 0 Å². The summed E-state index contributed by atoms with van der Waals surface area (Å²) in [6.07, 6.45) is 3.61. The molecule has 0 saturated carbocycles. The van der Waals surface area contributed by atoms with E-state index in [4.69, 9.17) is 0 Å². The van der Waals surface area contributed by atoms with Gasteiger partial charge < -0.3 is 10.6 Å². The first-order valence-corrected chi connectivity index (χ1v) is 10.3. The topological polar surface area (TPSA) is 132 Å². The second-order valence-electron chi connectivity index (χ2n) is 6.05. The lowest BCUT2D eigenvalue weighted by Crippen LogP contribution is -2.38. The van der Waals surface area contributed by atoms with E-state index < -0.39 is 20.6 Å². The number of halogens is 2. The van der Waals surface area contributed by atoms with Gasteiger partial charge in [0.1, 0.15) is 18.2 Å². The fourth-order valence-electron chi connectivity index (χ4n) is 2.44. The summed E-state index contributed by atoms with van der Waals surface area (Å²) in [5, 5.41) is 20.5. The highest BCUT2D eigenvalue weighted by atomic mass is 127. The lowest BCUT2D eigenvalue weighted by Gasteiger charge is -2.14. The number of guanidine groups is 1.